The molecule has 0 saturated carbocycles. The van der Waals surface area contributed by atoms with Crippen molar-refractivity contribution < 1.29 is 18.0 Å². The molecule has 10 heteroatoms. The van der Waals surface area contributed by atoms with Crippen molar-refractivity contribution in [2.24, 2.45) is 0 Å². The first-order valence-electron chi connectivity index (χ1n) is 11.8. The third-order valence-electron chi connectivity index (χ3n) is 6.52. The molecule has 4 aromatic rings. The van der Waals surface area contributed by atoms with Crippen LogP contribution < -0.4 is 5.32 Å². The average molecular weight is 536 g/mol. The van der Waals surface area contributed by atoms with Crippen LogP contribution in [-0.2, 0) is 19.5 Å². The molecule has 0 saturated heterocycles. The molecule has 2 aromatic heterocycles. The molecule has 2 aromatic carbocycles. The molecule has 38 heavy (non-hydrogen) atoms. The van der Waals surface area contributed by atoms with Gasteiger partial charge >= 0.3 is 6.03 Å². The number of nitriles is 1. The fourth-order valence-electron chi connectivity index (χ4n) is 4.68. The molecule has 1 amide bonds. The summed E-state index contributed by atoms with van der Waals surface area (Å²) in [6.45, 7) is 1.80. The number of nitrogens with zero attached hydrogens (tertiary/aromatic N) is 4. The second-order valence-electron chi connectivity index (χ2n) is 8.90. The van der Waals surface area contributed by atoms with Crippen LogP contribution in [0.4, 0.5) is 18.0 Å². The number of hydrogen-bond acceptors (Lipinski definition) is 4. The first-order valence-corrected chi connectivity index (χ1v) is 12.2. The Labute approximate surface area is 221 Å². The summed E-state index contributed by atoms with van der Waals surface area (Å²) in [7, 11) is 0. The van der Waals surface area contributed by atoms with E-state index in [0.717, 1.165) is 28.3 Å². The molecule has 1 N–H and O–H groups in total. The molecular formula is C28H21ClF3N5O. The molecule has 5 rings (SSSR count). The first kappa shape index (κ1) is 25.5. The highest BCUT2D eigenvalue weighted by molar-refractivity contribution is 6.29. The number of hydrogen-bond donors (Lipinski definition) is 1. The monoisotopic (exact) mass is 535 g/mol. The Morgan fingerprint density at radius 1 is 1.16 bits per heavy atom. The summed E-state index contributed by atoms with van der Waals surface area (Å²) < 4.78 is 42.4. The van der Waals surface area contributed by atoms with E-state index in [0.29, 0.717) is 42.3 Å². The minimum Gasteiger partial charge on any atom is -0.333 e. The summed E-state index contributed by atoms with van der Waals surface area (Å²) in [5.41, 5.74) is 3.73. The molecule has 0 unspecified atom stereocenters. The zero-order valence-corrected chi connectivity index (χ0v) is 20.8. The van der Waals surface area contributed by atoms with Gasteiger partial charge in [-0.3, -0.25) is 9.47 Å². The van der Waals surface area contributed by atoms with Gasteiger partial charge in [0, 0.05) is 55.4 Å². The number of halogens is 4. The minimum absolute atomic E-state index is 0.0379. The molecule has 0 spiro atoms. The highest BCUT2D eigenvalue weighted by Crippen LogP contribution is 2.32. The number of rotatable bonds is 5. The Kier molecular flexibility index (Phi) is 7.18. The molecule has 1 aliphatic rings. The molecule has 0 radical (unpaired) electrons. The van der Waals surface area contributed by atoms with Crippen molar-refractivity contribution in [3.8, 4) is 6.07 Å². The molecule has 1 aliphatic heterocycles. The van der Waals surface area contributed by atoms with Crippen LogP contribution in [0.5, 0.6) is 0 Å². The zero-order valence-electron chi connectivity index (χ0n) is 20.0. The average Bonchev–Trinajstić information content (AvgIpc) is 3.24. The van der Waals surface area contributed by atoms with Crippen LogP contribution in [0.1, 0.15) is 27.9 Å². The lowest BCUT2D eigenvalue weighted by Crippen LogP contribution is -2.34. The normalized spacial score (nSPS) is 13.6. The van der Waals surface area contributed by atoms with Gasteiger partial charge in [-0.1, -0.05) is 23.8 Å². The Balaban J connectivity index is 1.39. The third-order valence-corrected chi connectivity index (χ3v) is 6.73. The van der Waals surface area contributed by atoms with E-state index in [1.165, 1.54) is 12.1 Å². The first-order chi connectivity index (χ1) is 18.4. The largest absolute Gasteiger partial charge is 0.333 e. The fraction of sp³-hybridized carbons (Fsp3) is 0.179. The van der Waals surface area contributed by atoms with Crippen molar-refractivity contribution >= 4 is 34.6 Å². The molecule has 0 atom stereocenters. The number of aromatic nitrogens is 2. The van der Waals surface area contributed by atoms with Crippen LogP contribution in [-0.4, -0.2) is 33.6 Å². The molecule has 192 valence electrons. The standard InChI is InChI=1S/C28H21ClF3N5O/c29-25-13-18(7-9-34-25)15-35-28(38)37-23-6-3-17(14-33)12-20(23)21-16-36(11-8-24(21)37)10-1-2-19-4-5-22(30)27(32)26(19)31/h1-7,9,12-13H,8,10-11,15-16H2,(H,35,38). The van der Waals surface area contributed by atoms with Crippen LogP contribution in [0.25, 0.3) is 17.0 Å². The van der Waals surface area contributed by atoms with Gasteiger partial charge in [0.25, 0.3) is 0 Å². The third kappa shape index (κ3) is 5.01. The van der Waals surface area contributed by atoms with Crippen molar-refractivity contribution in [1.29, 1.82) is 5.26 Å². The van der Waals surface area contributed by atoms with E-state index in [9.17, 15) is 23.2 Å². The maximum Gasteiger partial charge on any atom is 0.326 e. The van der Waals surface area contributed by atoms with E-state index in [-0.39, 0.29) is 18.1 Å². The van der Waals surface area contributed by atoms with E-state index in [1.807, 2.05) is 0 Å². The summed E-state index contributed by atoms with van der Waals surface area (Å²) in [6, 6.07) is 12.6. The maximum atomic E-state index is 14.0. The molecule has 0 aliphatic carbocycles. The van der Waals surface area contributed by atoms with Gasteiger partial charge in [-0.15, -0.1) is 0 Å². The smallest absolute Gasteiger partial charge is 0.326 e. The lowest BCUT2D eigenvalue weighted by atomic mass is 10.0. The Bertz CT molecular complexity index is 1630. The lowest BCUT2D eigenvalue weighted by molar-refractivity contribution is 0.240. The van der Waals surface area contributed by atoms with Gasteiger partial charge in [0.05, 0.1) is 17.1 Å². The number of carbonyl (C=O) groups is 1. The van der Waals surface area contributed by atoms with Crippen molar-refractivity contribution in [3.05, 3.63) is 105 Å². The van der Waals surface area contributed by atoms with Gasteiger partial charge in [-0.2, -0.15) is 5.26 Å². The summed E-state index contributed by atoms with van der Waals surface area (Å²) in [5.74, 6) is -3.96. The van der Waals surface area contributed by atoms with Crippen LogP contribution in [0.2, 0.25) is 5.15 Å². The second kappa shape index (κ2) is 10.7. The second-order valence-corrected chi connectivity index (χ2v) is 9.29. The van der Waals surface area contributed by atoms with E-state index in [2.05, 4.69) is 21.3 Å². The number of amides is 1. The van der Waals surface area contributed by atoms with Gasteiger partial charge < -0.3 is 5.32 Å². The summed E-state index contributed by atoms with van der Waals surface area (Å²) in [6.07, 6.45) is 5.24. The summed E-state index contributed by atoms with van der Waals surface area (Å²) in [4.78, 5) is 19.4. The highest BCUT2D eigenvalue weighted by atomic mass is 35.5. The molecular weight excluding hydrogens is 515 g/mol. The van der Waals surface area contributed by atoms with E-state index in [1.54, 1.807) is 47.2 Å². The summed E-state index contributed by atoms with van der Waals surface area (Å²) in [5, 5.41) is 13.5. The van der Waals surface area contributed by atoms with Crippen molar-refractivity contribution in [3.63, 3.8) is 0 Å². The van der Waals surface area contributed by atoms with Crippen molar-refractivity contribution in [1.82, 2.24) is 19.8 Å². The van der Waals surface area contributed by atoms with Gasteiger partial charge in [-0.05, 0) is 53.6 Å². The Morgan fingerprint density at radius 2 is 2.00 bits per heavy atom. The molecule has 0 fully saturated rings. The maximum absolute atomic E-state index is 14.0. The van der Waals surface area contributed by atoms with Crippen molar-refractivity contribution in [2.75, 3.05) is 13.1 Å². The number of carbonyl (C=O) groups excluding carboxylic acids is 1. The zero-order chi connectivity index (χ0) is 26.8. The van der Waals surface area contributed by atoms with Gasteiger partial charge in [-0.25, -0.2) is 22.9 Å². The van der Waals surface area contributed by atoms with E-state index in [4.69, 9.17) is 11.6 Å². The molecule has 0 bridgehead atoms. The van der Waals surface area contributed by atoms with E-state index >= 15 is 0 Å². The predicted octanol–water partition coefficient (Wildman–Crippen LogP) is 5.81. The van der Waals surface area contributed by atoms with Gasteiger partial charge in [0.15, 0.2) is 17.5 Å². The predicted molar refractivity (Wildman–Crippen MR) is 138 cm³/mol. The van der Waals surface area contributed by atoms with Crippen LogP contribution in [0, 0.1) is 28.8 Å². The number of fused-ring (bicyclic) bond motifs is 3. The van der Waals surface area contributed by atoms with Crippen molar-refractivity contribution in [2.45, 2.75) is 19.5 Å². The van der Waals surface area contributed by atoms with Crippen LogP contribution in [0.15, 0.2) is 54.7 Å². The number of pyridine rings is 1. The van der Waals surface area contributed by atoms with Crippen LogP contribution in [0.3, 0.4) is 0 Å². The topological polar surface area (TPSA) is 74.0 Å². The van der Waals surface area contributed by atoms with E-state index < -0.39 is 17.5 Å². The number of nitrogens with one attached hydrogen (secondary N) is 1. The van der Waals surface area contributed by atoms with Crippen LogP contribution >= 0.6 is 11.6 Å². The number of benzene rings is 2. The SMILES string of the molecule is N#Cc1ccc2c(c1)c1c(n2C(=O)NCc2ccnc(Cl)c2)CCN(CC=Cc2ccc(F)c(F)c2F)C1. The quantitative estimate of drug-likeness (QED) is 0.259. The fourth-order valence-corrected chi connectivity index (χ4v) is 4.88. The highest BCUT2D eigenvalue weighted by Gasteiger charge is 2.26. The summed E-state index contributed by atoms with van der Waals surface area (Å²) >= 11 is 5.95. The van der Waals surface area contributed by atoms with Gasteiger partial charge in [0.1, 0.15) is 5.15 Å². The molecule has 3 heterocycles. The van der Waals surface area contributed by atoms with Gasteiger partial charge in [0.2, 0.25) is 0 Å². The lowest BCUT2D eigenvalue weighted by Gasteiger charge is -2.27. The Hall–Kier alpha value is -4.13. The Morgan fingerprint density at radius 3 is 2.79 bits per heavy atom. The minimum atomic E-state index is -1.50. The molecule has 6 nitrogen and oxygen atoms in total.